The van der Waals surface area contributed by atoms with Gasteiger partial charge in [-0.2, -0.15) is 0 Å². The van der Waals surface area contributed by atoms with Crippen molar-refractivity contribution in [2.24, 2.45) is 10.9 Å². The van der Waals surface area contributed by atoms with Gasteiger partial charge in [0.15, 0.2) is 5.96 Å². The Morgan fingerprint density at radius 1 is 1.09 bits per heavy atom. The van der Waals surface area contributed by atoms with Crippen molar-refractivity contribution in [1.82, 2.24) is 20.3 Å². The van der Waals surface area contributed by atoms with Crippen molar-refractivity contribution in [2.75, 3.05) is 25.9 Å². The summed E-state index contributed by atoms with van der Waals surface area (Å²) in [5.74, 6) is 1.30. The van der Waals surface area contributed by atoms with E-state index >= 15 is 0 Å². The molecule has 1 aromatic rings. The van der Waals surface area contributed by atoms with Crippen LogP contribution in [-0.4, -0.2) is 63.3 Å². The number of fused-ring (bicyclic) bond motifs is 2. The van der Waals surface area contributed by atoms with Gasteiger partial charge in [0.2, 0.25) is 10.0 Å². The predicted molar refractivity (Wildman–Crippen MR) is 141 cm³/mol. The molecule has 2 unspecified atom stereocenters. The zero-order chi connectivity index (χ0) is 21.7. The van der Waals surface area contributed by atoms with Crippen molar-refractivity contribution in [1.29, 1.82) is 0 Å². The van der Waals surface area contributed by atoms with Gasteiger partial charge in [0.25, 0.3) is 0 Å². The van der Waals surface area contributed by atoms with E-state index in [9.17, 15) is 8.42 Å². The zero-order valence-corrected chi connectivity index (χ0v) is 22.1. The topological polar surface area (TPSA) is 85.8 Å². The van der Waals surface area contributed by atoms with Gasteiger partial charge in [-0.05, 0) is 50.0 Å². The van der Waals surface area contributed by atoms with Crippen molar-refractivity contribution in [3.63, 3.8) is 0 Å². The van der Waals surface area contributed by atoms with E-state index in [0.717, 1.165) is 32.2 Å². The molecule has 32 heavy (non-hydrogen) atoms. The Morgan fingerprint density at radius 2 is 1.78 bits per heavy atom. The third-order valence-corrected chi connectivity index (χ3v) is 8.48. The number of sulfonamides is 1. The number of nitrogens with one attached hydrogen (secondary N) is 3. The van der Waals surface area contributed by atoms with Gasteiger partial charge in [0.1, 0.15) is 0 Å². The van der Waals surface area contributed by atoms with Crippen LogP contribution in [0.15, 0.2) is 35.3 Å². The van der Waals surface area contributed by atoms with Crippen LogP contribution in [0.4, 0.5) is 0 Å². The highest BCUT2D eigenvalue weighted by Gasteiger charge is 2.40. The van der Waals surface area contributed by atoms with Gasteiger partial charge in [-0.25, -0.2) is 13.1 Å². The number of halogens is 1. The molecule has 1 aliphatic carbocycles. The monoisotopic (exact) mass is 575 g/mol. The fourth-order valence-corrected chi connectivity index (χ4v) is 6.15. The summed E-state index contributed by atoms with van der Waals surface area (Å²) >= 11 is 0. The lowest BCUT2D eigenvalue weighted by molar-refractivity contribution is 0.114. The molecule has 0 radical (unpaired) electrons. The molecule has 2 saturated heterocycles. The highest BCUT2D eigenvalue weighted by atomic mass is 127. The predicted octanol–water partition coefficient (Wildman–Crippen LogP) is 2.68. The van der Waals surface area contributed by atoms with Crippen molar-refractivity contribution in [3.05, 3.63) is 35.9 Å². The normalized spacial score (nSPS) is 26.3. The number of aliphatic imine (C=N–C) groups is 1. The van der Waals surface area contributed by atoms with Crippen LogP contribution in [0.1, 0.15) is 50.5 Å². The highest BCUT2D eigenvalue weighted by Crippen LogP contribution is 2.36. The van der Waals surface area contributed by atoms with Gasteiger partial charge < -0.3 is 10.6 Å². The van der Waals surface area contributed by atoms with Crippen molar-refractivity contribution in [3.8, 4) is 0 Å². The Hall–Kier alpha value is -0.910. The van der Waals surface area contributed by atoms with Gasteiger partial charge in [0, 0.05) is 44.8 Å². The fraction of sp³-hybridized carbons (Fsp3) is 0.696. The SMILES string of the molecule is CN=C(NCCS(=O)(=O)NCC1CCC1)NC1CC2CCC(C1)N2Cc1ccccc1.I. The van der Waals surface area contributed by atoms with E-state index in [2.05, 4.69) is 55.6 Å². The van der Waals surface area contributed by atoms with Crippen LogP contribution in [0.3, 0.4) is 0 Å². The maximum Gasteiger partial charge on any atom is 0.213 e. The van der Waals surface area contributed by atoms with Crippen LogP contribution in [0.2, 0.25) is 0 Å². The Labute approximate surface area is 210 Å². The second kappa shape index (κ2) is 12.0. The van der Waals surface area contributed by atoms with Crippen molar-refractivity contribution < 1.29 is 8.42 Å². The summed E-state index contributed by atoms with van der Waals surface area (Å²) in [6, 6.07) is 12.3. The summed E-state index contributed by atoms with van der Waals surface area (Å²) in [6.07, 6.45) is 8.23. The molecule has 1 aromatic carbocycles. The molecule has 2 atom stereocenters. The number of piperidine rings is 1. The summed E-state index contributed by atoms with van der Waals surface area (Å²) < 4.78 is 27.1. The van der Waals surface area contributed by atoms with E-state index < -0.39 is 10.0 Å². The highest BCUT2D eigenvalue weighted by molar-refractivity contribution is 14.0. The van der Waals surface area contributed by atoms with E-state index in [-0.39, 0.29) is 29.7 Å². The van der Waals surface area contributed by atoms with E-state index in [4.69, 9.17) is 0 Å². The van der Waals surface area contributed by atoms with E-state index in [1.165, 1.54) is 24.8 Å². The molecule has 4 rings (SSSR count). The largest absolute Gasteiger partial charge is 0.355 e. The summed E-state index contributed by atoms with van der Waals surface area (Å²) in [5, 5.41) is 6.74. The Kier molecular flexibility index (Phi) is 9.63. The van der Waals surface area contributed by atoms with E-state index in [1.54, 1.807) is 7.05 Å². The minimum Gasteiger partial charge on any atom is -0.355 e. The molecule has 7 nitrogen and oxygen atoms in total. The number of rotatable bonds is 9. The smallest absolute Gasteiger partial charge is 0.213 e. The number of nitrogens with zero attached hydrogens (tertiary/aromatic N) is 2. The van der Waals surface area contributed by atoms with Crippen molar-refractivity contribution >= 4 is 40.0 Å². The van der Waals surface area contributed by atoms with Crippen molar-refractivity contribution in [2.45, 2.75) is 69.6 Å². The molecule has 2 bridgehead atoms. The van der Waals surface area contributed by atoms with Crippen LogP contribution in [0.5, 0.6) is 0 Å². The Morgan fingerprint density at radius 3 is 2.38 bits per heavy atom. The third kappa shape index (κ3) is 7.04. The van der Waals surface area contributed by atoms with Gasteiger partial charge in [-0.1, -0.05) is 36.8 Å². The van der Waals surface area contributed by atoms with Crippen LogP contribution in [0, 0.1) is 5.92 Å². The molecule has 1 saturated carbocycles. The number of hydrogen-bond acceptors (Lipinski definition) is 4. The van der Waals surface area contributed by atoms with Gasteiger partial charge in [-0.3, -0.25) is 9.89 Å². The first kappa shape index (κ1) is 25.7. The maximum atomic E-state index is 12.2. The molecule has 2 heterocycles. The summed E-state index contributed by atoms with van der Waals surface area (Å²) in [6.45, 7) is 1.97. The molecular weight excluding hydrogens is 537 g/mol. The molecule has 3 fully saturated rings. The van der Waals surface area contributed by atoms with Gasteiger partial charge in [-0.15, -0.1) is 24.0 Å². The molecular formula is C23H38IN5O2S. The van der Waals surface area contributed by atoms with Crippen LogP contribution < -0.4 is 15.4 Å². The van der Waals surface area contributed by atoms with E-state index in [0.29, 0.717) is 43.1 Å². The minimum atomic E-state index is -3.24. The molecule has 9 heteroatoms. The first-order valence-corrected chi connectivity index (χ1v) is 13.4. The maximum absolute atomic E-state index is 12.2. The first-order valence-electron chi connectivity index (χ1n) is 11.8. The lowest BCUT2D eigenvalue weighted by Gasteiger charge is -2.39. The lowest BCUT2D eigenvalue weighted by atomic mass is 9.86. The standard InChI is InChI=1S/C23H37N5O2S.HI/c1-24-23(25-12-13-31(29,30)26-16-18-8-5-9-18)27-20-14-21-10-11-22(15-20)28(21)17-19-6-3-2-4-7-19;/h2-4,6-7,18,20-22,26H,5,8-17H2,1H3,(H2,24,25,27);1H. The molecule has 0 amide bonds. The number of benzene rings is 1. The summed E-state index contributed by atoms with van der Waals surface area (Å²) in [5.41, 5.74) is 1.38. The molecule has 2 aliphatic heterocycles. The third-order valence-electron chi connectivity index (χ3n) is 7.14. The molecule has 180 valence electrons. The summed E-state index contributed by atoms with van der Waals surface area (Å²) in [7, 11) is -1.49. The molecule has 0 aromatic heterocycles. The molecule has 3 aliphatic rings. The fourth-order valence-electron chi connectivity index (χ4n) is 5.15. The lowest BCUT2D eigenvalue weighted by Crippen LogP contribution is -2.52. The zero-order valence-electron chi connectivity index (χ0n) is 19.0. The Balaban J connectivity index is 0.00000289. The number of guanidine groups is 1. The minimum absolute atomic E-state index is 0. The summed E-state index contributed by atoms with van der Waals surface area (Å²) in [4.78, 5) is 6.99. The van der Waals surface area contributed by atoms with Crippen LogP contribution in [-0.2, 0) is 16.6 Å². The Bertz CT molecular complexity index is 833. The van der Waals surface area contributed by atoms with Crippen LogP contribution in [0.25, 0.3) is 0 Å². The molecule has 3 N–H and O–H groups in total. The van der Waals surface area contributed by atoms with Crippen LogP contribution >= 0.6 is 24.0 Å². The van der Waals surface area contributed by atoms with Gasteiger partial charge >= 0.3 is 0 Å². The second-order valence-electron chi connectivity index (χ2n) is 9.32. The number of hydrogen-bond donors (Lipinski definition) is 3. The average molecular weight is 576 g/mol. The van der Waals surface area contributed by atoms with Gasteiger partial charge in [0.05, 0.1) is 5.75 Å². The first-order chi connectivity index (χ1) is 15.0. The quantitative estimate of drug-likeness (QED) is 0.240. The second-order valence-corrected chi connectivity index (χ2v) is 11.2. The van der Waals surface area contributed by atoms with E-state index in [1.807, 2.05) is 0 Å². The molecule has 0 spiro atoms. The average Bonchev–Trinajstić information content (AvgIpc) is 2.94.